The molecule has 0 saturated heterocycles. The first-order valence-corrected chi connectivity index (χ1v) is 8.96. The number of amides is 4. The zero-order valence-corrected chi connectivity index (χ0v) is 15.7. The standard InChI is InChI=1S/C22H18N4O4/c27-19(23-15-8-3-1-4-9-15)21(29)25-17-12-7-13-18(14-17)26-22(30)20(28)24-16-10-5-2-6-11-16/h1-14H,(H,23,27)(H,24,28)(H,25,29)(H,26,30). The molecule has 4 amide bonds. The lowest BCUT2D eigenvalue weighted by Crippen LogP contribution is -2.30. The van der Waals surface area contributed by atoms with E-state index < -0.39 is 23.6 Å². The minimum atomic E-state index is -0.871. The molecular weight excluding hydrogens is 384 g/mol. The third-order valence-corrected chi connectivity index (χ3v) is 3.85. The predicted molar refractivity (Wildman–Crippen MR) is 114 cm³/mol. The molecule has 0 aromatic heterocycles. The molecule has 3 aromatic rings. The number of carbonyl (C=O) groups is 4. The highest BCUT2D eigenvalue weighted by Crippen LogP contribution is 2.16. The number of hydrogen-bond donors (Lipinski definition) is 4. The summed E-state index contributed by atoms with van der Waals surface area (Å²) in [6.07, 6.45) is 0. The second kappa shape index (κ2) is 9.65. The fourth-order valence-corrected chi connectivity index (χ4v) is 2.47. The van der Waals surface area contributed by atoms with E-state index in [0.717, 1.165) is 0 Å². The van der Waals surface area contributed by atoms with Gasteiger partial charge >= 0.3 is 23.6 Å². The van der Waals surface area contributed by atoms with Gasteiger partial charge in [0.25, 0.3) is 0 Å². The van der Waals surface area contributed by atoms with E-state index in [4.69, 9.17) is 0 Å². The van der Waals surface area contributed by atoms with E-state index >= 15 is 0 Å². The van der Waals surface area contributed by atoms with Gasteiger partial charge in [-0.1, -0.05) is 42.5 Å². The van der Waals surface area contributed by atoms with Crippen molar-refractivity contribution in [1.82, 2.24) is 0 Å². The highest BCUT2D eigenvalue weighted by Gasteiger charge is 2.16. The quantitative estimate of drug-likeness (QED) is 0.502. The zero-order chi connectivity index (χ0) is 21.3. The van der Waals surface area contributed by atoms with Crippen LogP contribution in [0.5, 0.6) is 0 Å². The number of benzene rings is 3. The monoisotopic (exact) mass is 402 g/mol. The minimum Gasteiger partial charge on any atom is -0.318 e. The summed E-state index contributed by atoms with van der Waals surface area (Å²) in [6.45, 7) is 0. The van der Waals surface area contributed by atoms with Gasteiger partial charge in [0, 0.05) is 22.7 Å². The first-order valence-electron chi connectivity index (χ1n) is 8.96. The van der Waals surface area contributed by atoms with Crippen molar-refractivity contribution < 1.29 is 19.2 Å². The number of rotatable bonds is 4. The third kappa shape index (κ3) is 5.77. The van der Waals surface area contributed by atoms with E-state index in [1.807, 2.05) is 0 Å². The van der Waals surface area contributed by atoms with Crippen molar-refractivity contribution in [3.05, 3.63) is 84.9 Å². The molecule has 0 bridgehead atoms. The number of nitrogens with one attached hydrogen (secondary N) is 4. The highest BCUT2D eigenvalue weighted by atomic mass is 16.2. The van der Waals surface area contributed by atoms with Crippen molar-refractivity contribution in [2.75, 3.05) is 21.3 Å². The van der Waals surface area contributed by atoms with Crippen molar-refractivity contribution >= 4 is 46.4 Å². The molecule has 0 aliphatic rings. The SMILES string of the molecule is O=C(Nc1ccccc1)C(=O)Nc1cccc(NC(=O)C(=O)Nc2ccccc2)c1. The zero-order valence-electron chi connectivity index (χ0n) is 15.7. The van der Waals surface area contributed by atoms with E-state index in [1.54, 1.807) is 78.9 Å². The molecule has 30 heavy (non-hydrogen) atoms. The third-order valence-electron chi connectivity index (χ3n) is 3.85. The molecule has 0 aliphatic heterocycles. The molecule has 0 unspecified atom stereocenters. The summed E-state index contributed by atoms with van der Waals surface area (Å²) >= 11 is 0. The Bertz CT molecular complexity index is 986. The molecule has 8 heteroatoms. The summed E-state index contributed by atoms with van der Waals surface area (Å²) in [5.74, 6) is -3.41. The van der Waals surface area contributed by atoms with E-state index in [2.05, 4.69) is 21.3 Å². The lowest BCUT2D eigenvalue weighted by atomic mass is 10.2. The van der Waals surface area contributed by atoms with Crippen LogP contribution in [0.4, 0.5) is 22.7 Å². The molecule has 0 heterocycles. The Hall–Kier alpha value is -4.46. The number of para-hydroxylation sites is 2. The van der Waals surface area contributed by atoms with Crippen molar-refractivity contribution in [3.63, 3.8) is 0 Å². The molecule has 3 rings (SSSR count). The van der Waals surface area contributed by atoms with Crippen LogP contribution in [0.3, 0.4) is 0 Å². The Labute approximate surface area is 172 Å². The van der Waals surface area contributed by atoms with Crippen LogP contribution in [-0.2, 0) is 19.2 Å². The largest absolute Gasteiger partial charge is 0.318 e. The van der Waals surface area contributed by atoms with Gasteiger partial charge in [-0.2, -0.15) is 0 Å². The first-order chi connectivity index (χ1) is 14.5. The van der Waals surface area contributed by atoms with E-state index in [-0.39, 0.29) is 11.4 Å². The van der Waals surface area contributed by atoms with Crippen LogP contribution in [0.1, 0.15) is 0 Å². The van der Waals surface area contributed by atoms with Gasteiger partial charge in [0.05, 0.1) is 0 Å². The molecule has 0 atom stereocenters. The fourth-order valence-electron chi connectivity index (χ4n) is 2.47. The van der Waals surface area contributed by atoms with Gasteiger partial charge in [0.2, 0.25) is 0 Å². The van der Waals surface area contributed by atoms with Crippen LogP contribution >= 0.6 is 0 Å². The average Bonchev–Trinajstić information content (AvgIpc) is 2.75. The van der Waals surface area contributed by atoms with Crippen LogP contribution in [0.25, 0.3) is 0 Å². The minimum absolute atomic E-state index is 0.282. The van der Waals surface area contributed by atoms with E-state index in [0.29, 0.717) is 11.4 Å². The molecule has 0 saturated carbocycles. The van der Waals surface area contributed by atoms with E-state index in [9.17, 15) is 19.2 Å². The van der Waals surface area contributed by atoms with Gasteiger partial charge in [-0.25, -0.2) is 0 Å². The summed E-state index contributed by atoms with van der Waals surface area (Å²) in [5, 5.41) is 9.83. The molecule has 3 aromatic carbocycles. The lowest BCUT2D eigenvalue weighted by Gasteiger charge is -2.09. The molecule has 0 spiro atoms. The van der Waals surface area contributed by atoms with E-state index in [1.165, 1.54) is 6.07 Å². The first kappa shape index (κ1) is 20.3. The summed E-state index contributed by atoms with van der Waals surface area (Å²) in [4.78, 5) is 48.2. The summed E-state index contributed by atoms with van der Waals surface area (Å²) in [7, 11) is 0. The maximum Gasteiger partial charge on any atom is 0.314 e. The summed E-state index contributed by atoms with van der Waals surface area (Å²) in [6, 6.07) is 23.2. The van der Waals surface area contributed by atoms with Crippen LogP contribution in [0.2, 0.25) is 0 Å². The van der Waals surface area contributed by atoms with Gasteiger partial charge < -0.3 is 21.3 Å². The molecule has 4 N–H and O–H groups in total. The summed E-state index contributed by atoms with van der Waals surface area (Å²) < 4.78 is 0. The smallest absolute Gasteiger partial charge is 0.314 e. The predicted octanol–water partition coefficient (Wildman–Crippen LogP) is 2.84. The second-order valence-corrected chi connectivity index (χ2v) is 6.13. The van der Waals surface area contributed by atoms with Crippen molar-refractivity contribution in [2.45, 2.75) is 0 Å². The summed E-state index contributed by atoms with van der Waals surface area (Å²) in [5.41, 5.74) is 1.54. The Morgan fingerprint density at radius 3 is 1.07 bits per heavy atom. The molecule has 8 nitrogen and oxygen atoms in total. The number of anilines is 4. The number of hydrogen-bond acceptors (Lipinski definition) is 4. The molecule has 150 valence electrons. The van der Waals surface area contributed by atoms with Gasteiger partial charge in [-0.15, -0.1) is 0 Å². The maximum atomic E-state index is 12.1. The van der Waals surface area contributed by atoms with Crippen molar-refractivity contribution in [1.29, 1.82) is 0 Å². The topological polar surface area (TPSA) is 116 Å². The van der Waals surface area contributed by atoms with Gasteiger partial charge in [-0.3, -0.25) is 19.2 Å². The molecule has 0 fully saturated rings. The Balaban J connectivity index is 1.57. The Morgan fingerprint density at radius 2 is 0.700 bits per heavy atom. The van der Waals surface area contributed by atoms with Gasteiger partial charge in [0.1, 0.15) is 0 Å². The average molecular weight is 402 g/mol. The van der Waals surface area contributed by atoms with Gasteiger partial charge in [0.15, 0.2) is 0 Å². The van der Waals surface area contributed by atoms with Crippen LogP contribution in [0, 0.1) is 0 Å². The van der Waals surface area contributed by atoms with Crippen LogP contribution in [0.15, 0.2) is 84.9 Å². The lowest BCUT2D eigenvalue weighted by molar-refractivity contribution is -0.133. The molecular formula is C22H18N4O4. The highest BCUT2D eigenvalue weighted by molar-refractivity contribution is 6.44. The van der Waals surface area contributed by atoms with Crippen LogP contribution in [-0.4, -0.2) is 23.6 Å². The molecule has 0 aliphatic carbocycles. The Morgan fingerprint density at radius 1 is 0.400 bits per heavy atom. The van der Waals surface area contributed by atoms with Gasteiger partial charge in [-0.05, 0) is 42.5 Å². The normalized spacial score (nSPS) is 9.87. The number of carbonyl (C=O) groups excluding carboxylic acids is 4. The fraction of sp³-hybridized carbons (Fsp3) is 0. The maximum absolute atomic E-state index is 12.1. The second-order valence-electron chi connectivity index (χ2n) is 6.13. The van der Waals surface area contributed by atoms with Crippen molar-refractivity contribution in [2.24, 2.45) is 0 Å². The molecule has 0 radical (unpaired) electrons. The van der Waals surface area contributed by atoms with Crippen molar-refractivity contribution in [3.8, 4) is 0 Å². The van der Waals surface area contributed by atoms with Crippen LogP contribution < -0.4 is 21.3 Å². The Kier molecular flexibility index (Phi) is 6.52.